The highest BCUT2D eigenvalue weighted by molar-refractivity contribution is 5.94. The molecule has 0 bridgehead atoms. The number of hydrogen-bond acceptors (Lipinski definition) is 5. The predicted octanol–water partition coefficient (Wildman–Crippen LogP) is 0.504. The van der Waals surface area contributed by atoms with Crippen LogP contribution in [0.4, 0.5) is 5.69 Å². The van der Waals surface area contributed by atoms with Crippen LogP contribution in [0.15, 0.2) is 43.2 Å². The number of nitrogens with zero attached hydrogens (tertiary/aromatic N) is 4. The number of hydrogen-bond donors (Lipinski definition) is 2. The molecule has 1 aromatic heterocycles. The molecule has 2 rings (SSSR count). The number of rotatable bonds is 5. The number of carbonyl (C=O) groups excluding carboxylic acids is 1. The summed E-state index contributed by atoms with van der Waals surface area (Å²) in [5.74, 6) is -0.241. The molecule has 19 heavy (non-hydrogen) atoms. The van der Waals surface area contributed by atoms with E-state index in [1.165, 1.54) is 11.0 Å². The molecule has 7 heteroatoms. The summed E-state index contributed by atoms with van der Waals surface area (Å²) in [6, 6.07) is 6.53. The number of nitrogens with two attached hydrogens (primary N) is 1. The van der Waals surface area contributed by atoms with Crippen LogP contribution >= 0.6 is 0 Å². The average Bonchev–Trinajstić information content (AvgIpc) is 2.94. The number of anilines is 1. The van der Waals surface area contributed by atoms with Crippen molar-refractivity contribution in [2.24, 2.45) is 5.73 Å². The molecule has 98 valence electrons. The Morgan fingerprint density at radius 3 is 2.79 bits per heavy atom. The van der Waals surface area contributed by atoms with E-state index in [2.05, 4.69) is 27.4 Å². The number of tetrazole rings is 1. The minimum absolute atomic E-state index is 0.241. The first-order valence-electron chi connectivity index (χ1n) is 5.71. The largest absolute Gasteiger partial charge is 0.325 e. The zero-order chi connectivity index (χ0) is 13.7. The fourth-order valence-corrected chi connectivity index (χ4v) is 1.50. The third-order valence-corrected chi connectivity index (χ3v) is 2.51. The third kappa shape index (κ3) is 3.23. The lowest BCUT2D eigenvalue weighted by molar-refractivity contribution is -0.117. The quantitative estimate of drug-likeness (QED) is 0.761. The fourth-order valence-electron chi connectivity index (χ4n) is 1.50. The summed E-state index contributed by atoms with van der Waals surface area (Å²) >= 11 is 0. The summed E-state index contributed by atoms with van der Waals surface area (Å²) < 4.78 is 1.52. The van der Waals surface area contributed by atoms with Gasteiger partial charge in [0.15, 0.2) is 0 Å². The maximum absolute atomic E-state index is 11.7. The summed E-state index contributed by atoms with van der Waals surface area (Å²) in [7, 11) is 0. The van der Waals surface area contributed by atoms with Crippen molar-refractivity contribution in [3.8, 4) is 5.69 Å². The van der Waals surface area contributed by atoms with Crippen LogP contribution in [0.5, 0.6) is 0 Å². The second kappa shape index (κ2) is 5.87. The van der Waals surface area contributed by atoms with Gasteiger partial charge in [-0.2, -0.15) is 0 Å². The number of amides is 1. The van der Waals surface area contributed by atoms with E-state index in [1.807, 2.05) is 0 Å². The Hall–Kier alpha value is -2.54. The van der Waals surface area contributed by atoms with Crippen molar-refractivity contribution in [3.05, 3.63) is 43.2 Å². The molecule has 0 saturated heterocycles. The van der Waals surface area contributed by atoms with Gasteiger partial charge in [0.25, 0.3) is 0 Å². The van der Waals surface area contributed by atoms with Crippen LogP contribution in [0.1, 0.15) is 6.42 Å². The highest BCUT2D eigenvalue weighted by Gasteiger charge is 2.11. The Kier molecular flexibility index (Phi) is 3.99. The zero-order valence-electron chi connectivity index (χ0n) is 10.2. The van der Waals surface area contributed by atoms with Crippen molar-refractivity contribution < 1.29 is 4.79 Å². The molecule has 0 aliphatic heterocycles. The highest BCUT2D eigenvalue weighted by atomic mass is 16.2. The van der Waals surface area contributed by atoms with Crippen molar-refractivity contribution in [1.29, 1.82) is 0 Å². The van der Waals surface area contributed by atoms with Crippen LogP contribution in [-0.2, 0) is 4.79 Å². The van der Waals surface area contributed by atoms with Crippen molar-refractivity contribution in [2.45, 2.75) is 12.5 Å². The molecule has 0 spiro atoms. The number of nitrogens with one attached hydrogen (secondary N) is 1. The normalized spacial score (nSPS) is 11.8. The monoisotopic (exact) mass is 258 g/mol. The van der Waals surface area contributed by atoms with Crippen LogP contribution < -0.4 is 11.1 Å². The molecule has 0 aliphatic carbocycles. The number of benzene rings is 1. The van der Waals surface area contributed by atoms with E-state index in [-0.39, 0.29) is 5.91 Å². The molecule has 0 saturated carbocycles. The minimum atomic E-state index is -0.586. The van der Waals surface area contributed by atoms with E-state index in [1.54, 1.807) is 30.3 Å². The van der Waals surface area contributed by atoms with Gasteiger partial charge >= 0.3 is 0 Å². The zero-order valence-corrected chi connectivity index (χ0v) is 10.2. The second-order valence-electron chi connectivity index (χ2n) is 3.92. The maximum atomic E-state index is 11.7. The van der Waals surface area contributed by atoms with Gasteiger partial charge in [-0.25, -0.2) is 4.68 Å². The molecule has 1 amide bonds. The van der Waals surface area contributed by atoms with Crippen molar-refractivity contribution >= 4 is 11.6 Å². The molecular formula is C12H14N6O. The molecule has 0 radical (unpaired) electrons. The molecule has 3 N–H and O–H groups in total. The Morgan fingerprint density at radius 2 is 2.21 bits per heavy atom. The second-order valence-corrected chi connectivity index (χ2v) is 3.92. The molecular weight excluding hydrogens is 244 g/mol. The van der Waals surface area contributed by atoms with Crippen molar-refractivity contribution in [2.75, 3.05) is 5.32 Å². The van der Waals surface area contributed by atoms with Gasteiger partial charge in [0, 0.05) is 5.69 Å². The van der Waals surface area contributed by atoms with E-state index >= 15 is 0 Å². The Balaban J connectivity index is 2.03. The van der Waals surface area contributed by atoms with Gasteiger partial charge in [-0.05, 0) is 41.1 Å². The van der Waals surface area contributed by atoms with Gasteiger partial charge in [0.2, 0.25) is 5.91 Å². The first-order valence-corrected chi connectivity index (χ1v) is 5.71. The third-order valence-electron chi connectivity index (χ3n) is 2.51. The molecule has 0 fully saturated rings. The summed E-state index contributed by atoms with van der Waals surface area (Å²) in [5.41, 5.74) is 7.14. The van der Waals surface area contributed by atoms with E-state index < -0.39 is 6.04 Å². The van der Waals surface area contributed by atoms with Gasteiger partial charge in [0.05, 0.1) is 11.7 Å². The maximum Gasteiger partial charge on any atom is 0.241 e. The van der Waals surface area contributed by atoms with Gasteiger partial charge in [0.1, 0.15) is 6.33 Å². The summed E-state index contributed by atoms with van der Waals surface area (Å²) in [6.45, 7) is 3.55. The van der Waals surface area contributed by atoms with Crippen LogP contribution in [-0.4, -0.2) is 32.2 Å². The standard InChI is InChI=1S/C12H14N6O/c1-2-3-11(13)12(19)15-9-4-6-10(7-5-9)18-8-14-16-17-18/h2,4-8,11H,1,3,13H2,(H,15,19). The molecule has 1 atom stereocenters. The fraction of sp³-hybridized carbons (Fsp3) is 0.167. The Bertz CT molecular complexity index is 548. The summed E-state index contributed by atoms with van der Waals surface area (Å²) in [6.07, 6.45) is 3.55. The molecule has 2 aromatic rings. The predicted molar refractivity (Wildman–Crippen MR) is 70.6 cm³/mol. The van der Waals surface area contributed by atoms with Crippen molar-refractivity contribution in [1.82, 2.24) is 20.2 Å². The van der Waals surface area contributed by atoms with Gasteiger partial charge < -0.3 is 11.1 Å². The van der Waals surface area contributed by atoms with Gasteiger partial charge in [-0.15, -0.1) is 11.7 Å². The lowest BCUT2D eigenvalue weighted by Crippen LogP contribution is -2.35. The lowest BCUT2D eigenvalue weighted by atomic mass is 10.2. The van der Waals surface area contributed by atoms with E-state index in [0.29, 0.717) is 12.1 Å². The topological polar surface area (TPSA) is 98.7 Å². The van der Waals surface area contributed by atoms with E-state index in [0.717, 1.165) is 5.69 Å². The average molecular weight is 258 g/mol. The summed E-state index contributed by atoms with van der Waals surface area (Å²) in [4.78, 5) is 11.7. The van der Waals surface area contributed by atoms with E-state index in [9.17, 15) is 4.79 Å². The van der Waals surface area contributed by atoms with Crippen LogP contribution in [0.3, 0.4) is 0 Å². The molecule has 7 nitrogen and oxygen atoms in total. The SMILES string of the molecule is C=CCC(N)C(=O)Nc1ccc(-n2cnnn2)cc1. The Labute approximate surface area is 110 Å². The van der Waals surface area contributed by atoms with Crippen LogP contribution in [0.2, 0.25) is 0 Å². The first-order chi connectivity index (χ1) is 9.20. The smallest absolute Gasteiger partial charge is 0.241 e. The summed E-state index contributed by atoms with van der Waals surface area (Å²) in [5, 5.41) is 13.6. The Morgan fingerprint density at radius 1 is 1.47 bits per heavy atom. The van der Waals surface area contributed by atoms with Crippen molar-refractivity contribution in [3.63, 3.8) is 0 Å². The van der Waals surface area contributed by atoms with Gasteiger partial charge in [-0.1, -0.05) is 6.08 Å². The molecule has 1 aromatic carbocycles. The van der Waals surface area contributed by atoms with Crippen LogP contribution in [0, 0.1) is 0 Å². The van der Waals surface area contributed by atoms with E-state index in [4.69, 9.17) is 5.73 Å². The highest BCUT2D eigenvalue weighted by Crippen LogP contribution is 2.12. The number of aromatic nitrogens is 4. The lowest BCUT2D eigenvalue weighted by Gasteiger charge is -2.10. The van der Waals surface area contributed by atoms with Crippen LogP contribution in [0.25, 0.3) is 5.69 Å². The van der Waals surface area contributed by atoms with Gasteiger partial charge in [-0.3, -0.25) is 4.79 Å². The number of carbonyl (C=O) groups is 1. The minimum Gasteiger partial charge on any atom is -0.325 e. The molecule has 0 aliphatic rings. The molecule has 1 heterocycles. The molecule has 1 unspecified atom stereocenters. The first kappa shape index (κ1) is 12.9.